The first-order valence-electron chi connectivity index (χ1n) is 5.15. The number of benzene rings is 1. The summed E-state index contributed by atoms with van der Waals surface area (Å²) in [4.78, 5) is 0. The smallest absolute Gasteiger partial charge is 0.0178 e. The maximum atomic E-state index is 5.88. The highest BCUT2D eigenvalue weighted by atomic mass is 79.9. The third-order valence-electron chi connectivity index (χ3n) is 3.34. The fourth-order valence-electron chi connectivity index (χ4n) is 2.37. The summed E-state index contributed by atoms with van der Waals surface area (Å²) < 4.78 is 1.18. The van der Waals surface area contributed by atoms with Gasteiger partial charge >= 0.3 is 0 Å². The molecule has 2 rings (SSSR count). The van der Waals surface area contributed by atoms with Crippen molar-refractivity contribution in [3.8, 4) is 0 Å². The van der Waals surface area contributed by atoms with E-state index in [0.717, 1.165) is 6.54 Å². The molecule has 0 amide bonds. The van der Waals surface area contributed by atoms with Crippen molar-refractivity contribution in [1.29, 1.82) is 0 Å². The van der Waals surface area contributed by atoms with Crippen LogP contribution in [-0.4, -0.2) is 6.54 Å². The standard InChI is InChI=1S/C12H16BrN/c1-12(8-14)6-2-3-9-7-10(13)4-5-11(9)12/h4-5,7H,2-3,6,8,14H2,1H3. The zero-order valence-corrected chi connectivity index (χ0v) is 10.1. The summed E-state index contributed by atoms with van der Waals surface area (Å²) in [5.74, 6) is 0. The van der Waals surface area contributed by atoms with Gasteiger partial charge in [-0.3, -0.25) is 0 Å². The van der Waals surface area contributed by atoms with Gasteiger partial charge in [-0.05, 0) is 42.5 Å². The lowest BCUT2D eigenvalue weighted by atomic mass is 9.71. The second-order valence-electron chi connectivity index (χ2n) is 4.42. The van der Waals surface area contributed by atoms with Crippen LogP contribution in [0, 0.1) is 0 Å². The monoisotopic (exact) mass is 253 g/mol. The van der Waals surface area contributed by atoms with Gasteiger partial charge in [0.25, 0.3) is 0 Å². The summed E-state index contributed by atoms with van der Waals surface area (Å²) in [5, 5.41) is 0. The Morgan fingerprint density at radius 3 is 3.00 bits per heavy atom. The summed E-state index contributed by atoms with van der Waals surface area (Å²) in [6.07, 6.45) is 3.68. The van der Waals surface area contributed by atoms with Gasteiger partial charge in [0.1, 0.15) is 0 Å². The van der Waals surface area contributed by atoms with Gasteiger partial charge < -0.3 is 5.73 Å². The molecule has 1 unspecified atom stereocenters. The third kappa shape index (κ3) is 1.61. The molecule has 0 aliphatic heterocycles. The minimum Gasteiger partial charge on any atom is -0.330 e. The molecule has 1 aromatic carbocycles. The van der Waals surface area contributed by atoms with Gasteiger partial charge in [-0.2, -0.15) is 0 Å². The molecule has 0 aromatic heterocycles. The highest BCUT2D eigenvalue weighted by Crippen LogP contribution is 2.37. The molecule has 1 atom stereocenters. The van der Waals surface area contributed by atoms with E-state index in [1.165, 1.54) is 34.9 Å². The third-order valence-corrected chi connectivity index (χ3v) is 3.84. The largest absolute Gasteiger partial charge is 0.330 e. The van der Waals surface area contributed by atoms with Crippen LogP contribution in [0.5, 0.6) is 0 Å². The van der Waals surface area contributed by atoms with Crippen molar-refractivity contribution < 1.29 is 0 Å². The molecule has 0 fully saturated rings. The average Bonchev–Trinajstić information content (AvgIpc) is 2.18. The fraction of sp³-hybridized carbons (Fsp3) is 0.500. The van der Waals surface area contributed by atoms with Gasteiger partial charge in [0.15, 0.2) is 0 Å². The molecular formula is C12H16BrN. The minimum absolute atomic E-state index is 0.203. The van der Waals surface area contributed by atoms with Crippen LogP contribution in [0.15, 0.2) is 22.7 Å². The van der Waals surface area contributed by atoms with E-state index in [4.69, 9.17) is 5.73 Å². The molecule has 0 radical (unpaired) electrons. The molecule has 1 aromatic rings. The normalized spacial score (nSPS) is 25.9. The predicted molar refractivity (Wildman–Crippen MR) is 63.5 cm³/mol. The Morgan fingerprint density at radius 1 is 1.50 bits per heavy atom. The van der Waals surface area contributed by atoms with Crippen molar-refractivity contribution in [1.82, 2.24) is 0 Å². The highest BCUT2D eigenvalue weighted by Gasteiger charge is 2.30. The first-order valence-corrected chi connectivity index (χ1v) is 5.94. The molecule has 0 bridgehead atoms. The molecule has 1 nitrogen and oxygen atoms in total. The van der Waals surface area contributed by atoms with E-state index in [9.17, 15) is 0 Å². The van der Waals surface area contributed by atoms with Crippen molar-refractivity contribution in [2.75, 3.05) is 6.54 Å². The van der Waals surface area contributed by atoms with E-state index in [-0.39, 0.29) is 5.41 Å². The molecule has 0 heterocycles. The fourth-order valence-corrected chi connectivity index (χ4v) is 2.78. The van der Waals surface area contributed by atoms with Crippen LogP contribution in [0.25, 0.3) is 0 Å². The SMILES string of the molecule is CC1(CN)CCCc2cc(Br)ccc21. The molecule has 2 N–H and O–H groups in total. The second kappa shape index (κ2) is 3.67. The van der Waals surface area contributed by atoms with Gasteiger partial charge in [0, 0.05) is 16.4 Å². The maximum absolute atomic E-state index is 5.88. The zero-order valence-electron chi connectivity index (χ0n) is 8.52. The number of halogens is 1. The second-order valence-corrected chi connectivity index (χ2v) is 5.34. The van der Waals surface area contributed by atoms with E-state index in [0.29, 0.717) is 0 Å². The number of hydrogen-bond acceptors (Lipinski definition) is 1. The topological polar surface area (TPSA) is 26.0 Å². The molecule has 76 valence electrons. The lowest BCUT2D eigenvalue weighted by Crippen LogP contribution is -2.35. The quantitative estimate of drug-likeness (QED) is 0.819. The summed E-state index contributed by atoms with van der Waals surface area (Å²) in [5.41, 5.74) is 9.01. The first kappa shape index (κ1) is 10.2. The van der Waals surface area contributed by atoms with Gasteiger partial charge in [0.05, 0.1) is 0 Å². The van der Waals surface area contributed by atoms with Crippen molar-refractivity contribution in [3.63, 3.8) is 0 Å². The zero-order chi connectivity index (χ0) is 10.2. The summed E-state index contributed by atoms with van der Waals surface area (Å²) in [6.45, 7) is 3.03. The van der Waals surface area contributed by atoms with E-state index >= 15 is 0 Å². The van der Waals surface area contributed by atoms with Gasteiger partial charge in [0.2, 0.25) is 0 Å². The van der Waals surface area contributed by atoms with Gasteiger partial charge in [-0.25, -0.2) is 0 Å². The summed E-state index contributed by atoms with van der Waals surface area (Å²) >= 11 is 3.52. The van der Waals surface area contributed by atoms with Crippen molar-refractivity contribution in [2.45, 2.75) is 31.6 Å². The Labute approximate surface area is 93.8 Å². The molecular weight excluding hydrogens is 238 g/mol. The van der Waals surface area contributed by atoms with E-state index in [2.05, 4.69) is 41.1 Å². The molecule has 0 saturated heterocycles. The molecule has 2 heteroatoms. The van der Waals surface area contributed by atoms with Crippen molar-refractivity contribution in [3.05, 3.63) is 33.8 Å². The van der Waals surface area contributed by atoms with Crippen LogP contribution >= 0.6 is 15.9 Å². The number of rotatable bonds is 1. The summed E-state index contributed by atoms with van der Waals surface area (Å²) in [7, 11) is 0. The van der Waals surface area contributed by atoms with Crippen molar-refractivity contribution in [2.24, 2.45) is 5.73 Å². The number of nitrogens with two attached hydrogens (primary N) is 1. The van der Waals surface area contributed by atoms with Crippen LogP contribution in [0.2, 0.25) is 0 Å². The predicted octanol–water partition coefficient (Wildman–Crippen LogP) is 3.00. The Kier molecular flexibility index (Phi) is 2.67. The Balaban J connectivity index is 2.50. The summed E-state index contributed by atoms with van der Waals surface area (Å²) in [6, 6.07) is 6.59. The van der Waals surface area contributed by atoms with Gasteiger partial charge in [-0.15, -0.1) is 0 Å². The molecule has 0 spiro atoms. The van der Waals surface area contributed by atoms with Crippen LogP contribution < -0.4 is 5.73 Å². The molecule has 0 saturated carbocycles. The first-order chi connectivity index (χ1) is 6.65. The lowest BCUT2D eigenvalue weighted by Gasteiger charge is -2.35. The number of aryl methyl sites for hydroxylation is 1. The Bertz CT molecular complexity index is 348. The molecule has 1 aliphatic rings. The van der Waals surface area contributed by atoms with Crippen LogP contribution in [0.4, 0.5) is 0 Å². The Hall–Kier alpha value is -0.340. The lowest BCUT2D eigenvalue weighted by molar-refractivity contribution is 0.404. The number of hydrogen-bond donors (Lipinski definition) is 1. The van der Waals surface area contributed by atoms with Gasteiger partial charge in [-0.1, -0.05) is 28.9 Å². The minimum atomic E-state index is 0.203. The maximum Gasteiger partial charge on any atom is 0.0178 e. The Morgan fingerprint density at radius 2 is 2.29 bits per heavy atom. The van der Waals surface area contributed by atoms with Crippen LogP contribution in [0.1, 0.15) is 30.9 Å². The molecule has 14 heavy (non-hydrogen) atoms. The molecule has 1 aliphatic carbocycles. The highest BCUT2D eigenvalue weighted by molar-refractivity contribution is 9.10. The van der Waals surface area contributed by atoms with E-state index in [1.54, 1.807) is 0 Å². The number of fused-ring (bicyclic) bond motifs is 1. The van der Waals surface area contributed by atoms with E-state index in [1.807, 2.05) is 0 Å². The van der Waals surface area contributed by atoms with Crippen molar-refractivity contribution >= 4 is 15.9 Å². The average molecular weight is 254 g/mol. The van der Waals surface area contributed by atoms with Crippen LogP contribution in [-0.2, 0) is 11.8 Å². The van der Waals surface area contributed by atoms with Crippen LogP contribution in [0.3, 0.4) is 0 Å². The van der Waals surface area contributed by atoms with E-state index < -0.39 is 0 Å².